The number of aromatic nitrogens is 2. The Morgan fingerprint density at radius 2 is 2.10 bits per heavy atom. The molecule has 0 spiro atoms. The third-order valence-electron chi connectivity index (χ3n) is 2.29. The zero-order chi connectivity index (χ0) is 14.8. The van der Waals surface area contributed by atoms with Crippen molar-refractivity contribution >= 4 is 33.1 Å². The Labute approximate surface area is 120 Å². The fourth-order valence-electron chi connectivity index (χ4n) is 1.45. The van der Waals surface area contributed by atoms with Crippen LogP contribution in [0.5, 0.6) is 0 Å². The molecule has 3 N–H and O–H groups in total. The molecular weight excluding hydrogens is 302 g/mol. The van der Waals surface area contributed by atoms with Crippen molar-refractivity contribution in [2.24, 2.45) is 0 Å². The van der Waals surface area contributed by atoms with Gasteiger partial charge in [-0.25, -0.2) is 13.4 Å². The first-order chi connectivity index (χ1) is 9.42. The summed E-state index contributed by atoms with van der Waals surface area (Å²) >= 11 is 5.57. The third-order valence-corrected chi connectivity index (χ3v) is 3.90. The maximum Gasteiger partial charge on any atom is 0.265 e. The van der Waals surface area contributed by atoms with Gasteiger partial charge in [-0.05, 0) is 35.9 Å². The molecule has 0 saturated carbocycles. The van der Waals surface area contributed by atoms with E-state index in [1.54, 1.807) is 0 Å². The second kappa shape index (κ2) is 5.32. The number of sulfonamides is 1. The van der Waals surface area contributed by atoms with Crippen LogP contribution in [-0.4, -0.2) is 18.4 Å². The first-order valence-corrected chi connectivity index (χ1v) is 7.09. The number of hydrogen-bond acceptors (Lipinski definition) is 6. The zero-order valence-corrected chi connectivity index (χ0v) is 11.5. The van der Waals surface area contributed by atoms with Crippen molar-refractivity contribution in [3.05, 3.63) is 41.3 Å². The normalized spacial score (nSPS) is 10.8. The Kier molecular flexibility index (Phi) is 3.74. The molecule has 0 atom stereocenters. The van der Waals surface area contributed by atoms with Crippen LogP contribution in [0, 0.1) is 11.3 Å². The molecule has 102 valence electrons. The number of anilines is 2. The van der Waals surface area contributed by atoms with Gasteiger partial charge >= 0.3 is 0 Å². The van der Waals surface area contributed by atoms with E-state index < -0.39 is 10.0 Å². The Bertz CT molecular complexity index is 801. The van der Waals surface area contributed by atoms with Gasteiger partial charge in [0.1, 0.15) is 10.7 Å². The summed E-state index contributed by atoms with van der Waals surface area (Å²) in [6, 6.07) is 7.11. The average Bonchev–Trinajstić information content (AvgIpc) is 2.37. The molecular formula is C11H8ClN5O2S. The quantitative estimate of drug-likeness (QED) is 0.652. The molecule has 7 nitrogen and oxygen atoms in total. The highest BCUT2D eigenvalue weighted by molar-refractivity contribution is 7.92. The molecule has 1 aromatic carbocycles. The van der Waals surface area contributed by atoms with Crippen LogP contribution in [0.3, 0.4) is 0 Å². The molecule has 0 fully saturated rings. The molecule has 0 radical (unpaired) electrons. The smallest absolute Gasteiger partial charge is 0.265 e. The van der Waals surface area contributed by atoms with Gasteiger partial charge in [0, 0.05) is 6.20 Å². The summed E-state index contributed by atoms with van der Waals surface area (Å²) < 4.78 is 26.5. The highest BCUT2D eigenvalue weighted by Crippen LogP contribution is 2.22. The second-order valence-electron chi connectivity index (χ2n) is 3.68. The van der Waals surface area contributed by atoms with Crippen LogP contribution in [0.15, 0.2) is 35.4 Å². The van der Waals surface area contributed by atoms with Crippen molar-refractivity contribution in [1.29, 1.82) is 5.26 Å². The van der Waals surface area contributed by atoms with E-state index in [9.17, 15) is 8.42 Å². The predicted molar refractivity (Wildman–Crippen MR) is 73.4 cm³/mol. The molecule has 0 aliphatic rings. The summed E-state index contributed by atoms with van der Waals surface area (Å²) in [6.45, 7) is 0. The van der Waals surface area contributed by atoms with E-state index in [2.05, 4.69) is 14.7 Å². The minimum Gasteiger partial charge on any atom is -0.398 e. The summed E-state index contributed by atoms with van der Waals surface area (Å²) in [5.41, 5.74) is 5.88. The lowest BCUT2D eigenvalue weighted by atomic mass is 10.2. The summed E-state index contributed by atoms with van der Waals surface area (Å²) in [6.07, 6.45) is 1.31. The van der Waals surface area contributed by atoms with Crippen molar-refractivity contribution in [2.75, 3.05) is 10.5 Å². The fourth-order valence-corrected chi connectivity index (χ4v) is 2.71. The van der Waals surface area contributed by atoms with E-state index in [1.807, 2.05) is 6.07 Å². The highest BCUT2D eigenvalue weighted by Gasteiger charge is 2.18. The summed E-state index contributed by atoms with van der Waals surface area (Å²) in [5.74, 6) is 0.0220. The van der Waals surface area contributed by atoms with Crippen LogP contribution in [0.2, 0.25) is 5.28 Å². The van der Waals surface area contributed by atoms with Crippen LogP contribution in [0.4, 0.5) is 11.5 Å². The van der Waals surface area contributed by atoms with Gasteiger partial charge in [-0.2, -0.15) is 10.2 Å². The van der Waals surface area contributed by atoms with E-state index in [1.165, 1.54) is 30.5 Å². The molecule has 2 aromatic rings. The van der Waals surface area contributed by atoms with Crippen molar-refractivity contribution in [2.45, 2.75) is 4.90 Å². The van der Waals surface area contributed by atoms with Crippen LogP contribution >= 0.6 is 11.6 Å². The first-order valence-electron chi connectivity index (χ1n) is 5.23. The largest absolute Gasteiger partial charge is 0.398 e. The maximum atomic E-state index is 12.2. The Hall–Kier alpha value is -2.37. The van der Waals surface area contributed by atoms with Gasteiger partial charge in [0.2, 0.25) is 5.28 Å². The van der Waals surface area contributed by atoms with E-state index in [-0.39, 0.29) is 27.2 Å². The molecule has 0 bridgehead atoms. The number of nitrogen functional groups attached to an aromatic ring is 1. The number of nitriles is 1. The van der Waals surface area contributed by atoms with Crippen molar-refractivity contribution < 1.29 is 8.42 Å². The molecule has 1 heterocycles. The SMILES string of the molecule is N#Cc1ccc(S(=O)(=O)Nc2ccnc(Cl)n2)c(N)c1. The van der Waals surface area contributed by atoms with Crippen LogP contribution in [-0.2, 0) is 10.0 Å². The lowest BCUT2D eigenvalue weighted by Crippen LogP contribution is -2.15. The van der Waals surface area contributed by atoms with Crippen LogP contribution < -0.4 is 10.5 Å². The van der Waals surface area contributed by atoms with Crippen molar-refractivity contribution in [3.63, 3.8) is 0 Å². The molecule has 0 saturated heterocycles. The number of rotatable bonds is 3. The standard InChI is InChI=1S/C11H8ClN5O2S/c12-11-15-4-3-10(16-11)17-20(18,19)9-2-1-7(6-13)5-8(9)14/h1-5H,14H2,(H,15,16,17). The second-order valence-corrected chi connectivity index (χ2v) is 5.67. The number of nitrogens with one attached hydrogen (secondary N) is 1. The molecule has 20 heavy (non-hydrogen) atoms. The van der Waals surface area contributed by atoms with Crippen molar-refractivity contribution in [3.8, 4) is 6.07 Å². The minimum atomic E-state index is -3.92. The number of nitrogens with zero attached hydrogens (tertiary/aromatic N) is 3. The van der Waals surface area contributed by atoms with Crippen molar-refractivity contribution in [1.82, 2.24) is 9.97 Å². The van der Waals surface area contributed by atoms with E-state index >= 15 is 0 Å². The number of hydrogen-bond donors (Lipinski definition) is 2. The van der Waals surface area contributed by atoms with Gasteiger partial charge in [-0.3, -0.25) is 4.72 Å². The van der Waals surface area contributed by atoms with Gasteiger partial charge in [-0.1, -0.05) is 0 Å². The first kappa shape index (κ1) is 14.0. The summed E-state index contributed by atoms with van der Waals surface area (Å²) in [4.78, 5) is 7.21. The highest BCUT2D eigenvalue weighted by atomic mass is 35.5. The molecule has 2 rings (SSSR count). The van der Waals surface area contributed by atoms with Crippen LogP contribution in [0.1, 0.15) is 5.56 Å². The Morgan fingerprint density at radius 1 is 1.35 bits per heavy atom. The third kappa shape index (κ3) is 2.96. The number of benzene rings is 1. The fraction of sp³-hybridized carbons (Fsp3) is 0. The van der Waals surface area contributed by atoms with E-state index in [0.29, 0.717) is 0 Å². The van der Waals surface area contributed by atoms with Gasteiger partial charge in [0.05, 0.1) is 17.3 Å². The molecule has 0 aliphatic heterocycles. The van der Waals surface area contributed by atoms with Gasteiger partial charge in [-0.15, -0.1) is 0 Å². The number of nitrogens with two attached hydrogens (primary N) is 1. The minimum absolute atomic E-state index is 0.0220. The maximum absolute atomic E-state index is 12.2. The number of halogens is 1. The summed E-state index contributed by atoms with van der Waals surface area (Å²) in [7, 11) is -3.92. The monoisotopic (exact) mass is 309 g/mol. The van der Waals surface area contributed by atoms with Crippen LogP contribution in [0.25, 0.3) is 0 Å². The predicted octanol–water partition coefficient (Wildman–Crippen LogP) is 1.38. The lowest BCUT2D eigenvalue weighted by Gasteiger charge is -2.09. The Morgan fingerprint density at radius 3 is 2.70 bits per heavy atom. The molecule has 0 unspecified atom stereocenters. The Balaban J connectivity index is 2.39. The zero-order valence-electron chi connectivity index (χ0n) is 9.91. The molecule has 0 aliphatic carbocycles. The van der Waals surface area contributed by atoms with Gasteiger partial charge in [0.15, 0.2) is 0 Å². The molecule has 0 amide bonds. The molecule has 9 heteroatoms. The average molecular weight is 310 g/mol. The molecule has 1 aromatic heterocycles. The summed E-state index contributed by atoms with van der Waals surface area (Å²) in [5, 5.41) is 8.63. The lowest BCUT2D eigenvalue weighted by molar-refractivity contribution is 0.601. The van der Waals surface area contributed by atoms with Gasteiger partial charge in [0.25, 0.3) is 10.0 Å². The van der Waals surface area contributed by atoms with E-state index in [4.69, 9.17) is 22.6 Å². The van der Waals surface area contributed by atoms with E-state index in [0.717, 1.165) is 0 Å². The van der Waals surface area contributed by atoms with Gasteiger partial charge < -0.3 is 5.73 Å². The topological polar surface area (TPSA) is 122 Å².